The zero-order chi connectivity index (χ0) is 47.8. The summed E-state index contributed by atoms with van der Waals surface area (Å²) in [6.07, 6.45) is 38.0. The normalized spacial score (nSPS) is 22.0. The lowest BCUT2D eigenvalue weighted by molar-refractivity contribution is -0.220. The Labute approximate surface area is 391 Å². The lowest BCUT2D eigenvalue weighted by Crippen LogP contribution is -2.64. The molecule has 0 aromatic carbocycles. The van der Waals surface area contributed by atoms with Crippen LogP contribution in [-0.2, 0) is 32.7 Å². The van der Waals surface area contributed by atoms with Gasteiger partial charge in [0.05, 0.1) is 6.61 Å². The van der Waals surface area contributed by atoms with Crippen LogP contribution in [-0.4, -0.2) is 98.3 Å². The van der Waals surface area contributed by atoms with Gasteiger partial charge in [0, 0.05) is 12.8 Å². The van der Waals surface area contributed by atoms with Crippen molar-refractivity contribution >= 4 is 19.8 Å². The van der Waals surface area contributed by atoms with Gasteiger partial charge in [-0.05, 0) is 83.5 Å². The molecule has 1 rings (SSSR count). The van der Waals surface area contributed by atoms with Gasteiger partial charge < -0.3 is 39.9 Å². The van der Waals surface area contributed by atoms with E-state index in [-0.39, 0.29) is 12.8 Å². The number of esters is 2. The molecule has 0 aromatic heterocycles. The van der Waals surface area contributed by atoms with E-state index in [0.717, 1.165) is 116 Å². The van der Waals surface area contributed by atoms with Gasteiger partial charge in [0.25, 0.3) is 0 Å². The van der Waals surface area contributed by atoms with E-state index in [9.17, 15) is 44.6 Å². The van der Waals surface area contributed by atoms with Crippen LogP contribution in [0.15, 0.2) is 72.9 Å². The highest BCUT2D eigenvalue weighted by Crippen LogP contribution is 2.47. The van der Waals surface area contributed by atoms with Gasteiger partial charge in [-0.3, -0.25) is 18.6 Å². The van der Waals surface area contributed by atoms with Crippen molar-refractivity contribution < 1.29 is 63.1 Å². The summed E-state index contributed by atoms with van der Waals surface area (Å²) in [6, 6.07) is 0. The molecule has 1 aliphatic carbocycles. The Morgan fingerprint density at radius 2 is 0.877 bits per heavy atom. The number of phosphoric ester groups is 1. The maximum absolute atomic E-state index is 12.8. The first kappa shape index (κ1) is 60.3. The van der Waals surface area contributed by atoms with Gasteiger partial charge in [0.2, 0.25) is 0 Å². The fourth-order valence-corrected chi connectivity index (χ4v) is 8.05. The Morgan fingerprint density at radius 3 is 1.34 bits per heavy atom. The molecule has 0 amide bonds. The molecule has 6 unspecified atom stereocenters. The third-order valence-corrected chi connectivity index (χ3v) is 12.0. The average molecular weight is 939 g/mol. The Balaban J connectivity index is 2.43. The van der Waals surface area contributed by atoms with Gasteiger partial charge in [0.1, 0.15) is 43.2 Å². The summed E-state index contributed by atoms with van der Waals surface area (Å²) in [6.45, 7) is 3.14. The molecule has 0 bridgehead atoms. The van der Waals surface area contributed by atoms with E-state index >= 15 is 0 Å². The van der Waals surface area contributed by atoms with Crippen molar-refractivity contribution in [1.29, 1.82) is 0 Å². The first-order chi connectivity index (χ1) is 31.4. The van der Waals surface area contributed by atoms with E-state index in [4.69, 9.17) is 18.5 Å². The predicted molar refractivity (Wildman–Crippen MR) is 258 cm³/mol. The lowest BCUT2D eigenvalue weighted by atomic mass is 9.85. The van der Waals surface area contributed by atoms with Crippen LogP contribution < -0.4 is 0 Å². The first-order valence-corrected chi connectivity index (χ1v) is 26.2. The summed E-state index contributed by atoms with van der Waals surface area (Å²) in [4.78, 5) is 35.8. The summed E-state index contributed by atoms with van der Waals surface area (Å²) in [5.74, 6) is -1.13. The highest BCUT2D eigenvalue weighted by Gasteiger charge is 2.51. The van der Waals surface area contributed by atoms with Gasteiger partial charge >= 0.3 is 19.8 Å². The smallest absolute Gasteiger partial charge is 0.462 e. The minimum atomic E-state index is -5.13. The number of ether oxygens (including phenoxy) is 2. The van der Waals surface area contributed by atoms with E-state index in [2.05, 4.69) is 86.8 Å². The van der Waals surface area contributed by atoms with Gasteiger partial charge in [-0.1, -0.05) is 157 Å². The molecule has 13 nitrogen and oxygen atoms in total. The van der Waals surface area contributed by atoms with Crippen molar-refractivity contribution in [3.63, 3.8) is 0 Å². The van der Waals surface area contributed by atoms with E-state index in [1.165, 1.54) is 25.7 Å². The van der Waals surface area contributed by atoms with Crippen LogP contribution in [0.4, 0.5) is 0 Å². The molecule has 0 radical (unpaired) electrons. The van der Waals surface area contributed by atoms with Gasteiger partial charge in [-0.15, -0.1) is 0 Å². The summed E-state index contributed by atoms with van der Waals surface area (Å²) in [5, 5.41) is 50.2. The molecule has 0 aliphatic heterocycles. The molecule has 0 spiro atoms. The van der Waals surface area contributed by atoms with E-state index < -0.39 is 75.7 Å². The average Bonchev–Trinajstić information content (AvgIpc) is 3.29. The maximum atomic E-state index is 12.8. The van der Waals surface area contributed by atoms with Gasteiger partial charge in [-0.2, -0.15) is 0 Å². The molecule has 1 aliphatic rings. The van der Waals surface area contributed by atoms with Crippen molar-refractivity contribution in [1.82, 2.24) is 0 Å². The second-order valence-corrected chi connectivity index (χ2v) is 18.3. The quantitative estimate of drug-likeness (QED) is 0.0146. The number of aliphatic hydroxyl groups excluding tert-OH is 5. The molecule has 14 heteroatoms. The highest BCUT2D eigenvalue weighted by atomic mass is 31.2. The molecule has 0 saturated heterocycles. The SMILES string of the molecule is CC/C=C\C/C=C\C/C=C\C/C=C\CCCCCCCCCCC(=O)OC(COC(=O)CCCCCCC/C=C\C/C=C\CCCCC)COP(=O)(O)OC1C(O)C(O)C(O)C(O)C1O. The monoisotopic (exact) mass is 939 g/mol. The summed E-state index contributed by atoms with van der Waals surface area (Å²) in [7, 11) is -5.13. The van der Waals surface area contributed by atoms with Crippen LogP contribution in [0.5, 0.6) is 0 Å². The Hall–Kier alpha value is -2.71. The zero-order valence-corrected chi connectivity index (χ0v) is 40.7. The van der Waals surface area contributed by atoms with Crippen molar-refractivity contribution in [2.45, 2.75) is 224 Å². The first-order valence-electron chi connectivity index (χ1n) is 24.7. The highest BCUT2D eigenvalue weighted by molar-refractivity contribution is 7.47. The van der Waals surface area contributed by atoms with Gasteiger partial charge in [0.15, 0.2) is 6.10 Å². The minimum Gasteiger partial charge on any atom is -0.462 e. The molecule has 6 N–H and O–H groups in total. The third kappa shape index (κ3) is 32.6. The molecule has 374 valence electrons. The lowest BCUT2D eigenvalue weighted by Gasteiger charge is -2.41. The summed E-state index contributed by atoms with van der Waals surface area (Å²) in [5.41, 5.74) is 0. The fourth-order valence-electron chi connectivity index (χ4n) is 7.07. The van der Waals surface area contributed by atoms with E-state index in [1.807, 2.05) is 0 Å². The number of carbonyl (C=O) groups excluding carboxylic acids is 2. The summed E-state index contributed by atoms with van der Waals surface area (Å²) < 4.78 is 33.6. The second kappa shape index (κ2) is 40.4. The van der Waals surface area contributed by atoms with E-state index in [1.54, 1.807) is 0 Å². The largest absolute Gasteiger partial charge is 0.472 e. The van der Waals surface area contributed by atoms with Crippen LogP contribution in [0.3, 0.4) is 0 Å². The molecule has 0 aromatic rings. The van der Waals surface area contributed by atoms with Crippen LogP contribution >= 0.6 is 7.82 Å². The molecular formula is C51H87O13P. The fraction of sp³-hybridized carbons (Fsp3) is 0.725. The minimum absolute atomic E-state index is 0.0805. The zero-order valence-electron chi connectivity index (χ0n) is 39.8. The Morgan fingerprint density at radius 1 is 0.492 bits per heavy atom. The molecule has 0 heterocycles. The number of unbranched alkanes of at least 4 members (excludes halogenated alkanes) is 16. The topological polar surface area (TPSA) is 210 Å². The number of phosphoric acid groups is 1. The number of aliphatic hydroxyl groups is 5. The van der Waals surface area contributed by atoms with Crippen LogP contribution in [0.2, 0.25) is 0 Å². The number of carbonyl (C=O) groups is 2. The second-order valence-electron chi connectivity index (χ2n) is 16.9. The number of rotatable bonds is 40. The van der Waals surface area contributed by atoms with Crippen LogP contribution in [0.25, 0.3) is 0 Å². The van der Waals surface area contributed by atoms with Gasteiger partial charge in [-0.25, -0.2) is 4.57 Å². The number of hydrogen-bond donors (Lipinski definition) is 6. The molecule has 6 atom stereocenters. The maximum Gasteiger partial charge on any atom is 0.472 e. The molecule has 1 fully saturated rings. The standard InChI is InChI=1S/C51H87O13P/c1-3-5-7-9-11-13-15-17-19-20-21-22-23-24-26-28-30-32-34-36-38-40-45(53)63-43(42-62-65(59,60)64-51-49(57)47(55)46(54)48(56)50(51)58)41-61-44(52)39-37-35-33-31-29-27-25-18-16-14-12-10-8-6-4-2/h5,7,11-14,17-19,21-22,25,43,46-51,54-58H,3-4,6,8-10,15-16,20,23-24,26-42H2,1-2H3,(H,59,60)/b7-5-,13-11-,14-12-,19-17-,22-21-,25-18-. The van der Waals surface area contributed by atoms with Crippen molar-refractivity contribution in [3.05, 3.63) is 72.9 Å². The Kier molecular flexibility index (Phi) is 37.5. The Bertz CT molecular complexity index is 1410. The van der Waals surface area contributed by atoms with Crippen molar-refractivity contribution in [2.75, 3.05) is 13.2 Å². The summed E-state index contributed by atoms with van der Waals surface area (Å²) >= 11 is 0. The molecule has 1 saturated carbocycles. The van der Waals surface area contributed by atoms with Crippen LogP contribution in [0.1, 0.15) is 181 Å². The van der Waals surface area contributed by atoms with Crippen LogP contribution in [0, 0.1) is 0 Å². The van der Waals surface area contributed by atoms with E-state index in [0.29, 0.717) is 12.8 Å². The predicted octanol–water partition coefficient (Wildman–Crippen LogP) is 10.3. The molecule has 65 heavy (non-hydrogen) atoms. The van der Waals surface area contributed by atoms with Crippen molar-refractivity contribution in [3.8, 4) is 0 Å². The molecular weight excluding hydrogens is 852 g/mol. The number of hydrogen-bond acceptors (Lipinski definition) is 12. The number of allylic oxidation sites excluding steroid dienone is 12. The third-order valence-electron chi connectivity index (χ3n) is 11.0. The van der Waals surface area contributed by atoms with Crippen molar-refractivity contribution in [2.24, 2.45) is 0 Å².